The molecule has 0 saturated heterocycles. The number of benzene rings is 3. The van der Waals surface area contributed by atoms with Gasteiger partial charge in [-0.05, 0) is 53.3 Å². The lowest BCUT2D eigenvalue weighted by atomic mass is 9.91. The molecule has 2 atom stereocenters. The maximum atomic E-state index is 11.8. The first-order chi connectivity index (χ1) is 18.1. The highest BCUT2D eigenvalue weighted by molar-refractivity contribution is 5.72. The lowest BCUT2D eigenvalue weighted by Crippen LogP contribution is -2.24. The molecule has 0 spiro atoms. The number of hydrogen-bond donors (Lipinski definition) is 1. The van der Waals surface area contributed by atoms with Crippen LogP contribution >= 0.6 is 0 Å². The highest BCUT2D eigenvalue weighted by atomic mass is 16.5. The van der Waals surface area contributed by atoms with E-state index in [-0.39, 0.29) is 12.7 Å². The Hall–Kier alpha value is -3.83. The molecular formula is C32H32O5. The molecule has 0 saturated carbocycles. The molecule has 0 amide bonds. The summed E-state index contributed by atoms with van der Waals surface area (Å²) in [7, 11) is 0. The van der Waals surface area contributed by atoms with Crippen LogP contribution in [0, 0.1) is 0 Å². The van der Waals surface area contributed by atoms with Crippen LogP contribution in [-0.4, -0.2) is 23.3 Å². The number of aliphatic carboxylic acids is 1. The molecule has 0 fully saturated rings. The second-order valence-corrected chi connectivity index (χ2v) is 9.66. The van der Waals surface area contributed by atoms with E-state index in [1.54, 1.807) is 0 Å². The van der Waals surface area contributed by atoms with Crippen LogP contribution in [0.25, 0.3) is 0 Å². The van der Waals surface area contributed by atoms with Crippen molar-refractivity contribution in [1.29, 1.82) is 0 Å². The number of carbonyl (C=O) groups is 1. The second kappa shape index (κ2) is 11.9. The van der Waals surface area contributed by atoms with Gasteiger partial charge in [-0.15, -0.1) is 0 Å². The van der Waals surface area contributed by atoms with Crippen molar-refractivity contribution >= 4 is 5.97 Å². The van der Waals surface area contributed by atoms with Gasteiger partial charge in [-0.2, -0.15) is 0 Å². The predicted octanol–water partition coefficient (Wildman–Crippen LogP) is 6.63. The molecule has 2 aliphatic rings. The number of ether oxygens (including phenoxy) is 3. The molecule has 5 heteroatoms. The van der Waals surface area contributed by atoms with Crippen LogP contribution in [0.15, 0.2) is 108 Å². The molecule has 3 aromatic carbocycles. The number of carboxylic acid groups (broad SMARTS) is 1. The first-order valence-corrected chi connectivity index (χ1v) is 12.8. The van der Waals surface area contributed by atoms with Gasteiger partial charge in [0.1, 0.15) is 24.2 Å². The van der Waals surface area contributed by atoms with Gasteiger partial charge in [0.15, 0.2) is 6.10 Å². The van der Waals surface area contributed by atoms with Gasteiger partial charge in [0.05, 0.1) is 6.61 Å². The topological polar surface area (TPSA) is 65.0 Å². The fourth-order valence-corrected chi connectivity index (χ4v) is 4.84. The van der Waals surface area contributed by atoms with Crippen molar-refractivity contribution in [2.24, 2.45) is 0 Å². The normalized spacial score (nSPS) is 17.5. The summed E-state index contributed by atoms with van der Waals surface area (Å²) in [6.45, 7) is 0.838. The van der Waals surface area contributed by atoms with Crippen molar-refractivity contribution in [2.75, 3.05) is 0 Å². The van der Waals surface area contributed by atoms with Crippen molar-refractivity contribution in [3.63, 3.8) is 0 Å². The average Bonchev–Trinajstić information content (AvgIpc) is 3.33. The van der Waals surface area contributed by atoms with E-state index in [0.717, 1.165) is 53.9 Å². The Bertz CT molecular complexity index is 1250. The van der Waals surface area contributed by atoms with E-state index < -0.39 is 12.1 Å². The molecule has 1 heterocycles. The number of hydrogen-bond acceptors (Lipinski definition) is 4. The van der Waals surface area contributed by atoms with Gasteiger partial charge < -0.3 is 19.3 Å². The maximum absolute atomic E-state index is 11.8. The van der Waals surface area contributed by atoms with Crippen LogP contribution in [0.3, 0.4) is 0 Å². The van der Waals surface area contributed by atoms with E-state index in [9.17, 15) is 9.90 Å². The van der Waals surface area contributed by atoms with Gasteiger partial charge >= 0.3 is 5.97 Å². The van der Waals surface area contributed by atoms with E-state index in [0.29, 0.717) is 13.0 Å². The Labute approximate surface area is 218 Å². The summed E-state index contributed by atoms with van der Waals surface area (Å²) in [6, 6.07) is 28.0. The average molecular weight is 497 g/mol. The van der Waals surface area contributed by atoms with Crippen LogP contribution in [0.5, 0.6) is 5.75 Å². The maximum Gasteiger partial charge on any atom is 0.333 e. The molecule has 0 aromatic heterocycles. The molecule has 0 bridgehead atoms. The predicted molar refractivity (Wildman–Crippen MR) is 142 cm³/mol. The minimum absolute atomic E-state index is 0.0984. The van der Waals surface area contributed by atoms with E-state index in [4.69, 9.17) is 14.2 Å². The lowest BCUT2D eigenvalue weighted by Gasteiger charge is -2.19. The Morgan fingerprint density at radius 1 is 0.865 bits per heavy atom. The number of rotatable bonds is 11. The van der Waals surface area contributed by atoms with Crippen molar-refractivity contribution in [3.05, 3.63) is 125 Å². The van der Waals surface area contributed by atoms with Gasteiger partial charge in [-0.25, -0.2) is 4.79 Å². The summed E-state index contributed by atoms with van der Waals surface area (Å²) in [5, 5.41) is 9.68. The SMILES string of the molecule is O=C(O)C(CC1=CC2=C(CC1)CC(Cc1ccc(OCc3ccccc3)cc1)O2)OCc1ccccc1. The molecule has 5 nitrogen and oxygen atoms in total. The third-order valence-corrected chi connectivity index (χ3v) is 6.85. The first kappa shape index (κ1) is 24.8. The molecular weight excluding hydrogens is 464 g/mol. The van der Waals surface area contributed by atoms with E-state index >= 15 is 0 Å². The Morgan fingerprint density at radius 3 is 2.22 bits per heavy atom. The first-order valence-electron chi connectivity index (χ1n) is 12.8. The smallest absolute Gasteiger partial charge is 0.333 e. The summed E-state index contributed by atoms with van der Waals surface area (Å²) in [4.78, 5) is 11.8. The quantitative estimate of drug-likeness (QED) is 0.323. The van der Waals surface area contributed by atoms with Gasteiger partial charge in [0.2, 0.25) is 0 Å². The van der Waals surface area contributed by atoms with E-state index in [2.05, 4.69) is 24.3 Å². The molecule has 3 aromatic rings. The minimum atomic E-state index is -0.932. The van der Waals surface area contributed by atoms with Gasteiger partial charge in [-0.1, -0.05) is 78.4 Å². The summed E-state index contributed by atoms with van der Waals surface area (Å²) < 4.78 is 17.9. The lowest BCUT2D eigenvalue weighted by molar-refractivity contribution is -0.151. The van der Waals surface area contributed by atoms with Gasteiger partial charge in [0.25, 0.3) is 0 Å². The zero-order chi connectivity index (χ0) is 25.5. The fraction of sp³-hybridized carbons (Fsp3) is 0.281. The fourth-order valence-electron chi connectivity index (χ4n) is 4.84. The summed E-state index contributed by atoms with van der Waals surface area (Å²) >= 11 is 0. The molecule has 1 aliphatic heterocycles. The van der Waals surface area contributed by atoms with Crippen LogP contribution < -0.4 is 4.74 Å². The standard InChI is InChI=1S/C32H32O5/c33-32(34)31(36-22-25-9-5-2-6-10-25)19-26-11-14-27-20-29(37-30(27)18-26)17-23-12-15-28(16-13-23)35-21-24-7-3-1-4-8-24/h1-10,12-13,15-16,18,29,31H,11,14,17,19-22H2,(H,33,34). The van der Waals surface area contributed by atoms with Gasteiger partial charge in [-0.3, -0.25) is 0 Å². The highest BCUT2D eigenvalue weighted by Crippen LogP contribution is 2.37. The Kier molecular flexibility index (Phi) is 8.02. The van der Waals surface area contributed by atoms with Crippen LogP contribution in [-0.2, 0) is 33.9 Å². The third-order valence-electron chi connectivity index (χ3n) is 6.85. The molecule has 1 N–H and O–H groups in total. The largest absolute Gasteiger partial charge is 0.490 e. The molecule has 5 rings (SSSR count). The molecule has 2 unspecified atom stereocenters. The zero-order valence-corrected chi connectivity index (χ0v) is 20.8. The van der Waals surface area contributed by atoms with Crippen LogP contribution in [0.1, 0.15) is 42.4 Å². The molecule has 0 radical (unpaired) electrons. The van der Waals surface area contributed by atoms with Crippen LogP contribution in [0.4, 0.5) is 0 Å². The highest BCUT2D eigenvalue weighted by Gasteiger charge is 2.29. The molecule has 1 aliphatic carbocycles. The van der Waals surface area contributed by atoms with Crippen molar-refractivity contribution in [3.8, 4) is 5.75 Å². The zero-order valence-electron chi connectivity index (χ0n) is 20.8. The monoisotopic (exact) mass is 496 g/mol. The van der Waals surface area contributed by atoms with E-state index in [1.807, 2.05) is 66.7 Å². The van der Waals surface area contributed by atoms with Gasteiger partial charge in [0, 0.05) is 19.3 Å². The summed E-state index contributed by atoms with van der Waals surface area (Å²) in [5.41, 5.74) is 5.72. The number of carboxylic acids is 1. The Balaban J connectivity index is 1.12. The van der Waals surface area contributed by atoms with Crippen molar-refractivity contribution in [1.82, 2.24) is 0 Å². The number of allylic oxidation sites excluding steroid dienone is 1. The van der Waals surface area contributed by atoms with Crippen LogP contribution in [0.2, 0.25) is 0 Å². The Morgan fingerprint density at radius 2 is 1.54 bits per heavy atom. The second-order valence-electron chi connectivity index (χ2n) is 9.66. The van der Waals surface area contributed by atoms with Crippen molar-refractivity contribution < 1.29 is 24.1 Å². The molecule has 190 valence electrons. The van der Waals surface area contributed by atoms with Crippen molar-refractivity contribution in [2.45, 2.75) is 57.5 Å². The summed E-state index contributed by atoms with van der Waals surface area (Å²) in [5.74, 6) is 0.840. The summed E-state index contributed by atoms with van der Waals surface area (Å²) in [6.07, 6.45) is 5.15. The third kappa shape index (κ3) is 6.89. The molecule has 37 heavy (non-hydrogen) atoms. The van der Waals surface area contributed by atoms with E-state index in [1.165, 1.54) is 11.1 Å². The minimum Gasteiger partial charge on any atom is -0.490 e.